The third kappa shape index (κ3) is 3.65. The van der Waals surface area contributed by atoms with Gasteiger partial charge in [0.2, 0.25) is 0 Å². The van der Waals surface area contributed by atoms with Crippen molar-refractivity contribution in [3.05, 3.63) is 46.3 Å². The van der Waals surface area contributed by atoms with Gasteiger partial charge in [0.1, 0.15) is 5.58 Å². The highest BCUT2D eigenvalue weighted by Crippen LogP contribution is 2.20. The van der Waals surface area contributed by atoms with Gasteiger partial charge < -0.3 is 14.2 Å². The average Bonchev–Trinajstić information content (AvgIpc) is 2.79. The van der Waals surface area contributed by atoms with Crippen molar-refractivity contribution < 1.29 is 9.21 Å². The van der Waals surface area contributed by atoms with Crippen LogP contribution in [-0.2, 0) is 0 Å². The molecule has 0 aliphatic carbocycles. The number of carbonyl (C=O) groups excluding carboxylic acids is 1. The Hall–Kier alpha value is -1.79. The van der Waals surface area contributed by atoms with Gasteiger partial charge in [-0.3, -0.25) is 9.59 Å². The van der Waals surface area contributed by atoms with Gasteiger partial charge in [-0.15, -0.1) is 0 Å². The van der Waals surface area contributed by atoms with Crippen LogP contribution >= 0.6 is 11.8 Å². The Balaban J connectivity index is 1.95. The van der Waals surface area contributed by atoms with Crippen LogP contribution in [-0.4, -0.2) is 60.4 Å². The minimum atomic E-state index is -0.188. The molecule has 1 saturated heterocycles. The van der Waals surface area contributed by atoms with Gasteiger partial charge in [-0.25, -0.2) is 0 Å². The van der Waals surface area contributed by atoms with Gasteiger partial charge in [-0.1, -0.05) is 12.1 Å². The molecule has 0 bridgehead atoms. The van der Waals surface area contributed by atoms with Gasteiger partial charge in [0.15, 0.2) is 11.2 Å². The van der Waals surface area contributed by atoms with Gasteiger partial charge in [0.05, 0.1) is 11.4 Å². The highest BCUT2D eigenvalue weighted by Gasteiger charge is 2.28. The molecule has 0 radical (unpaired) electrons. The Morgan fingerprint density at radius 3 is 2.96 bits per heavy atom. The average molecular weight is 346 g/mol. The molecule has 1 aromatic heterocycles. The lowest BCUT2D eigenvalue weighted by Gasteiger charge is -2.31. The Labute approximate surface area is 145 Å². The maximum atomic E-state index is 13.0. The number of likely N-dealkylation sites (N-methyl/N-ethyl adjacent to an activating group) is 1. The number of nitrogens with zero attached hydrogens (tertiary/aromatic N) is 2. The lowest BCUT2D eigenvalue weighted by atomic mass is 10.2. The molecule has 2 aromatic rings. The molecule has 1 aromatic carbocycles. The second-order valence-corrected chi connectivity index (χ2v) is 7.46. The van der Waals surface area contributed by atoms with E-state index in [2.05, 4.69) is 4.90 Å². The molecular weight excluding hydrogens is 324 g/mol. The first kappa shape index (κ1) is 17.0. The third-order valence-electron chi connectivity index (χ3n) is 4.12. The predicted molar refractivity (Wildman–Crippen MR) is 97.8 cm³/mol. The zero-order valence-corrected chi connectivity index (χ0v) is 14.8. The van der Waals surface area contributed by atoms with Crippen LogP contribution in [0.1, 0.15) is 17.0 Å². The zero-order valence-electron chi connectivity index (χ0n) is 14.0. The summed E-state index contributed by atoms with van der Waals surface area (Å²) in [6.07, 6.45) is 0.956. The molecule has 0 N–H and O–H groups in total. The molecule has 3 rings (SSSR count). The fraction of sp³-hybridized carbons (Fsp3) is 0.444. The number of hydrogen-bond donors (Lipinski definition) is 0. The maximum absolute atomic E-state index is 13.0. The fourth-order valence-corrected chi connectivity index (χ4v) is 4.08. The molecule has 6 heteroatoms. The van der Waals surface area contributed by atoms with Crippen LogP contribution in [0.2, 0.25) is 0 Å². The van der Waals surface area contributed by atoms with Gasteiger partial charge in [0.25, 0.3) is 5.91 Å². The van der Waals surface area contributed by atoms with Crippen LogP contribution in [0.15, 0.2) is 39.5 Å². The minimum absolute atomic E-state index is 0.122. The largest absolute Gasteiger partial charge is 0.451 e. The monoisotopic (exact) mass is 346 g/mol. The van der Waals surface area contributed by atoms with E-state index in [1.54, 1.807) is 24.3 Å². The van der Waals surface area contributed by atoms with Crippen LogP contribution in [0.5, 0.6) is 0 Å². The molecule has 0 spiro atoms. The Morgan fingerprint density at radius 2 is 2.17 bits per heavy atom. The van der Waals surface area contributed by atoms with Crippen molar-refractivity contribution in [2.45, 2.75) is 12.5 Å². The summed E-state index contributed by atoms with van der Waals surface area (Å²) in [6, 6.07) is 8.49. The van der Waals surface area contributed by atoms with E-state index in [9.17, 15) is 9.59 Å². The van der Waals surface area contributed by atoms with Crippen molar-refractivity contribution in [3.8, 4) is 0 Å². The minimum Gasteiger partial charge on any atom is -0.451 e. The number of para-hydroxylation sites is 1. The predicted octanol–water partition coefficient (Wildman–Crippen LogP) is 2.30. The summed E-state index contributed by atoms with van der Waals surface area (Å²) < 4.78 is 5.74. The summed E-state index contributed by atoms with van der Waals surface area (Å²) in [5.41, 5.74) is 0.287. The zero-order chi connectivity index (χ0) is 17.1. The van der Waals surface area contributed by atoms with Crippen molar-refractivity contribution in [1.29, 1.82) is 0 Å². The SMILES string of the molecule is CN(C)CC1CSCCCN1C(=O)c1cc(=O)c2ccccc2o1. The van der Waals surface area contributed by atoms with Crippen LogP contribution in [0.4, 0.5) is 0 Å². The van der Waals surface area contributed by atoms with Crippen LogP contribution < -0.4 is 5.43 Å². The van der Waals surface area contributed by atoms with Gasteiger partial charge in [-0.05, 0) is 38.4 Å². The number of amides is 1. The molecule has 5 nitrogen and oxygen atoms in total. The molecule has 128 valence electrons. The molecule has 0 saturated carbocycles. The Morgan fingerprint density at radius 1 is 1.38 bits per heavy atom. The van der Waals surface area contributed by atoms with Gasteiger partial charge in [-0.2, -0.15) is 11.8 Å². The molecule has 1 atom stereocenters. The van der Waals surface area contributed by atoms with Crippen LogP contribution in [0, 0.1) is 0 Å². The normalized spacial score (nSPS) is 18.8. The van der Waals surface area contributed by atoms with E-state index in [1.165, 1.54) is 6.07 Å². The third-order valence-corrected chi connectivity index (χ3v) is 5.32. The lowest BCUT2D eigenvalue weighted by Crippen LogP contribution is -2.46. The molecular formula is C18H22N2O3S. The van der Waals surface area contributed by atoms with Gasteiger partial charge in [0, 0.05) is 24.9 Å². The highest BCUT2D eigenvalue weighted by molar-refractivity contribution is 7.99. The number of fused-ring (bicyclic) bond motifs is 1. The van der Waals surface area contributed by atoms with E-state index >= 15 is 0 Å². The van der Waals surface area contributed by atoms with Crippen molar-refractivity contribution in [2.75, 3.05) is 38.7 Å². The van der Waals surface area contributed by atoms with Crippen molar-refractivity contribution in [3.63, 3.8) is 0 Å². The first-order valence-corrected chi connectivity index (χ1v) is 9.28. The van der Waals surface area contributed by atoms with Crippen LogP contribution in [0.3, 0.4) is 0 Å². The molecule has 24 heavy (non-hydrogen) atoms. The highest BCUT2D eigenvalue weighted by atomic mass is 32.2. The molecule has 1 aliphatic heterocycles. The Kier molecular flexibility index (Phi) is 5.26. The van der Waals surface area contributed by atoms with Gasteiger partial charge >= 0.3 is 0 Å². The van der Waals surface area contributed by atoms with Crippen molar-refractivity contribution in [2.24, 2.45) is 0 Å². The summed E-state index contributed by atoms with van der Waals surface area (Å²) in [7, 11) is 4.02. The summed E-state index contributed by atoms with van der Waals surface area (Å²) in [6.45, 7) is 1.50. The first-order valence-electron chi connectivity index (χ1n) is 8.12. The summed E-state index contributed by atoms with van der Waals surface area (Å²) in [5.74, 6) is 1.90. The maximum Gasteiger partial charge on any atom is 0.290 e. The topological polar surface area (TPSA) is 53.8 Å². The summed E-state index contributed by atoms with van der Waals surface area (Å²) in [4.78, 5) is 29.2. The quantitative estimate of drug-likeness (QED) is 0.854. The molecule has 1 fully saturated rings. The van der Waals surface area contributed by atoms with Crippen molar-refractivity contribution >= 4 is 28.6 Å². The fourth-order valence-electron chi connectivity index (χ4n) is 3.02. The van der Waals surface area contributed by atoms with E-state index in [-0.39, 0.29) is 23.1 Å². The number of rotatable bonds is 3. The van der Waals surface area contributed by atoms with E-state index < -0.39 is 0 Å². The number of benzene rings is 1. The number of carbonyl (C=O) groups is 1. The molecule has 2 heterocycles. The second kappa shape index (κ2) is 7.40. The molecule has 1 unspecified atom stereocenters. The number of hydrogen-bond acceptors (Lipinski definition) is 5. The van der Waals surface area contributed by atoms with Crippen molar-refractivity contribution in [1.82, 2.24) is 9.80 Å². The van der Waals surface area contributed by atoms with Crippen LogP contribution in [0.25, 0.3) is 11.0 Å². The van der Waals surface area contributed by atoms with E-state index in [0.29, 0.717) is 17.5 Å². The lowest BCUT2D eigenvalue weighted by molar-refractivity contribution is 0.0644. The Bertz CT molecular complexity index is 787. The number of thioether (sulfide) groups is 1. The molecule has 1 amide bonds. The van der Waals surface area contributed by atoms with E-state index in [0.717, 1.165) is 24.5 Å². The standard InChI is InChI=1S/C18H22N2O3S/c1-19(2)11-13-12-24-9-5-8-20(13)18(22)17-10-15(21)14-6-3-4-7-16(14)23-17/h3-4,6-7,10,13H,5,8-9,11-12H2,1-2H3. The van der Waals surface area contributed by atoms with E-state index in [1.807, 2.05) is 30.8 Å². The summed E-state index contributed by atoms with van der Waals surface area (Å²) in [5, 5.41) is 0.505. The second-order valence-electron chi connectivity index (χ2n) is 6.31. The first-order chi connectivity index (χ1) is 11.6. The molecule has 1 aliphatic rings. The smallest absolute Gasteiger partial charge is 0.290 e. The summed E-state index contributed by atoms with van der Waals surface area (Å²) >= 11 is 1.87. The van der Waals surface area contributed by atoms with E-state index in [4.69, 9.17) is 4.42 Å².